The van der Waals surface area contributed by atoms with Crippen molar-refractivity contribution in [1.29, 1.82) is 0 Å². The van der Waals surface area contributed by atoms with Crippen LogP contribution in [0.4, 0.5) is 11.4 Å². The number of aliphatic hydroxyl groups excluding tert-OH is 1. The molecule has 2 amide bonds. The summed E-state index contributed by atoms with van der Waals surface area (Å²) >= 11 is 0. The molecule has 3 unspecified atom stereocenters. The lowest BCUT2D eigenvalue weighted by Crippen LogP contribution is -2.56. The fraction of sp³-hybridized carbons (Fsp3) is 0.537. The van der Waals surface area contributed by atoms with Crippen LogP contribution in [0, 0.1) is 10.8 Å². The van der Waals surface area contributed by atoms with Gasteiger partial charge in [0.2, 0.25) is 0 Å². The van der Waals surface area contributed by atoms with Crippen molar-refractivity contribution in [1.82, 2.24) is 9.80 Å². The molecule has 0 bridgehead atoms. The molecule has 2 fully saturated rings. The number of methoxy groups -OCH3 is 2. The first-order valence-corrected chi connectivity index (χ1v) is 18.1. The molecule has 3 atom stereocenters. The minimum absolute atomic E-state index is 0.0452. The second kappa shape index (κ2) is 13.8. The molecule has 4 aliphatic heterocycles. The average Bonchev–Trinajstić information content (AvgIpc) is 3.59. The fourth-order valence-corrected chi connectivity index (χ4v) is 7.76. The maximum Gasteiger partial charge on any atom is 0.257 e. The molecule has 0 spiro atoms. The summed E-state index contributed by atoms with van der Waals surface area (Å²) in [6.07, 6.45) is 4.79. The van der Waals surface area contributed by atoms with Crippen LogP contribution < -0.4 is 23.8 Å². The number of hydrogen-bond donors (Lipinski definition) is 1. The van der Waals surface area contributed by atoms with Crippen LogP contribution in [-0.2, 0) is 0 Å². The molecule has 2 saturated heterocycles. The number of likely N-dealkylation sites (N-methyl/N-ethyl adjacent to an activating group) is 1. The Morgan fingerprint density at radius 3 is 2.21 bits per heavy atom. The van der Waals surface area contributed by atoms with E-state index >= 15 is 0 Å². The number of carbonyl (C=O) groups excluding carboxylic acids is 2. The molecule has 11 heteroatoms. The van der Waals surface area contributed by atoms with Crippen LogP contribution in [0.25, 0.3) is 0 Å². The highest BCUT2D eigenvalue weighted by Gasteiger charge is 2.51. The Bertz CT molecular complexity index is 1820. The van der Waals surface area contributed by atoms with Crippen molar-refractivity contribution in [3.63, 3.8) is 0 Å². The lowest BCUT2D eigenvalue weighted by Gasteiger charge is -2.40. The molecule has 0 saturated carbocycles. The van der Waals surface area contributed by atoms with E-state index in [4.69, 9.17) is 18.9 Å². The van der Waals surface area contributed by atoms with Crippen LogP contribution in [0.3, 0.4) is 0 Å². The van der Waals surface area contributed by atoms with Gasteiger partial charge in [-0.05, 0) is 62.0 Å². The second-order valence-corrected chi connectivity index (χ2v) is 16.6. The van der Waals surface area contributed by atoms with Crippen molar-refractivity contribution in [2.75, 3.05) is 52.5 Å². The summed E-state index contributed by atoms with van der Waals surface area (Å²) in [7, 11) is 4.95. The Labute approximate surface area is 307 Å². The number of aliphatic hydroxyl groups is 1. The maximum atomic E-state index is 13.7. The summed E-state index contributed by atoms with van der Waals surface area (Å²) < 4.78 is 24.0. The molecule has 0 aromatic heterocycles. The van der Waals surface area contributed by atoms with Crippen molar-refractivity contribution in [2.24, 2.45) is 15.8 Å². The van der Waals surface area contributed by atoms with E-state index in [0.29, 0.717) is 78.2 Å². The molecule has 4 aliphatic rings. The molecule has 280 valence electrons. The van der Waals surface area contributed by atoms with Gasteiger partial charge in [0, 0.05) is 38.5 Å². The van der Waals surface area contributed by atoms with E-state index < -0.39 is 11.8 Å². The van der Waals surface area contributed by atoms with Gasteiger partial charge in [-0.25, -0.2) is 0 Å². The molecule has 2 aromatic rings. The number of nitrogens with zero attached hydrogens (tertiary/aromatic N) is 4. The van der Waals surface area contributed by atoms with Crippen LogP contribution in [-0.4, -0.2) is 98.3 Å². The highest BCUT2D eigenvalue weighted by Crippen LogP contribution is 2.46. The molecule has 2 aromatic carbocycles. The van der Waals surface area contributed by atoms with E-state index in [1.807, 2.05) is 24.1 Å². The van der Waals surface area contributed by atoms with Crippen molar-refractivity contribution < 1.29 is 33.6 Å². The van der Waals surface area contributed by atoms with Crippen molar-refractivity contribution >= 4 is 29.4 Å². The standard InChI is InChI=1S/C41H54N4O7/c1-25-15-27-21-42-30-18-34(32(49-9)16-28(30)36(46)44(27)22-25)52-24-40(5,6)12-11-39(3,4)13-14-51-35-19-31-29(17-33(35)50-10)37(47)45-23-26(2)20-41(45,7)38(48)43(31)8/h16-19,21,27,38,48H,1-2,11-15,20,22-24H2,3-10H3. The van der Waals surface area contributed by atoms with Gasteiger partial charge in [-0.1, -0.05) is 52.0 Å². The van der Waals surface area contributed by atoms with Crippen LogP contribution in [0.2, 0.25) is 0 Å². The molecule has 0 radical (unpaired) electrons. The normalized spacial score (nSPS) is 22.8. The van der Waals surface area contributed by atoms with Crippen LogP contribution in [0.5, 0.6) is 23.0 Å². The molecule has 1 N–H and O–H groups in total. The number of aliphatic imine (C=N–C) groups is 1. The maximum absolute atomic E-state index is 13.7. The molecule has 0 aliphatic carbocycles. The van der Waals surface area contributed by atoms with E-state index in [-0.39, 0.29) is 28.7 Å². The van der Waals surface area contributed by atoms with Crippen molar-refractivity contribution in [3.8, 4) is 23.0 Å². The van der Waals surface area contributed by atoms with Gasteiger partial charge in [0.25, 0.3) is 11.8 Å². The predicted molar refractivity (Wildman–Crippen MR) is 203 cm³/mol. The highest BCUT2D eigenvalue weighted by molar-refractivity contribution is 6.04. The second-order valence-electron chi connectivity index (χ2n) is 16.6. The summed E-state index contributed by atoms with van der Waals surface area (Å²) in [6, 6.07) is 7.00. The number of carbonyl (C=O) groups is 2. The first-order valence-electron chi connectivity index (χ1n) is 18.1. The van der Waals surface area contributed by atoms with Gasteiger partial charge < -0.3 is 38.8 Å². The molecule has 11 nitrogen and oxygen atoms in total. The van der Waals surface area contributed by atoms with E-state index in [2.05, 4.69) is 45.8 Å². The van der Waals surface area contributed by atoms with Gasteiger partial charge in [0.1, 0.15) is 6.23 Å². The van der Waals surface area contributed by atoms with Gasteiger partial charge >= 0.3 is 0 Å². The number of ether oxygens (including phenoxy) is 4. The minimum Gasteiger partial charge on any atom is -0.493 e. The van der Waals surface area contributed by atoms with Gasteiger partial charge in [-0.2, -0.15) is 0 Å². The number of fused-ring (bicyclic) bond motifs is 4. The van der Waals surface area contributed by atoms with E-state index in [9.17, 15) is 14.7 Å². The van der Waals surface area contributed by atoms with Gasteiger partial charge in [-0.15, -0.1) is 0 Å². The lowest BCUT2D eigenvalue weighted by atomic mass is 9.78. The number of hydrogen-bond acceptors (Lipinski definition) is 9. The SMILES string of the molecule is C=C1CC2C=Nc3cc(OCC(C)(C)CCC(C)(C)CCOc4cc5c(cc4OC)C(=O)N4CC(=C)CC4(C)C(O)N5C)c(OC)cc3C(=O)N2C1. The van der Waals surface area contributed by atoms with E-state index in [1.165, 1.54) is 0 Å². The fourth-order valence-electron chi connectivity index (χ4n) is 7.76. The predicted octanol–water partition coefficient (Wildman–Crippen LogP) is 6.80. The number of anilines is 1. The van der Waals surface area contributed by atoms with Gasteiger partial charge in [0.05, 0.1) is 61.5 Å². The summed E-state index contributed by atoms with van der Waals surface area (Å²) in [5.41, 5.74) is 3.11. The minimum atomic E-state index is -0.917. The molecule has 4 heterocycles. The Kier molecular flexibility index (Phi) is 9.89. The lowest BCUT2D eigenvalue weighted by molar-refractivity contribution is 0.0113. The first-order chi connectivity index (χ1) is 24.5. The zero-order valence-corrected chi connectivity index (χ0v) is 32.0. The summed E-state index contributed by atoms with van der Waals surface area (Å²) in [5.74, 6) is 1.84. The van der Waals surface area contributed by atoms with Crippen LogP contribution in [0.15, 0.2) is 53.6 Å². The van der Waals surface area contributed by atoms with Gasteiger partial charge in [0.15, 0.2) is 23.0 Å². The zero-order valence-electron chi connectivity index (χ0n) is 32.0. The first kappa shape index (κ1) is 37.3. The van der Waals surface area contributed by atoms with Gasteiger partial charge in [-0.3, -0.25) is 14.6 Å². The van der Waals surface area contributed by atoms with Crippen molar-refractivity contribution in [3.05, 3.63) is 59.7 Å². The monoisotopic (exact) mass is 714 g/mol. The molecule has 6 rings (SSSR count). The Morgan fingerprint density at radius 1 is 0.865 bits per heavy atom. The quantitative estimate of drug-likeness (QED) is 0.239. The molecule has 52 heavy (non-hydrogen) atoms. The van der Waals surface area contributed by atoms with E-state index in [0.717, 1.165) is 36.8 Å². The smallest absolute Gasteiger partial charge is 0.257 e. The topological polar surface area (TPSA) is 113 Å². The third-order valence-electron chi connectivity index (χ3n) is 11.3. The number of benzene rings is 2. The Morgan fingerprint density at radius 2 is 1.52 bits per heavy atom. The van der Waals surface area contributed by atoms with Crippen LogP contribution >= 0.6 is 0 Å². The Balaban J connectivity index is 1.07. The third kappa shape index (κ3) is 6.99. The molecular weight excluding hydrogens is 660 g/mol. The largest absolute Gasteiger partial charge is 0.493 e. The van der Waals surface area contributed by atoms with Crippen molar-refractivity contribution in [2.45, 2.75) is 84.5 Å². The van der Waals surface area contributed by atoms with Crippen LogP contribution in [0.1, 0.15) is 87.4 Å². The summed E-state index contributed by atoms with van der Waals surface area (Å²) in [6.45, 7) is 20.7. The number of amides is 2. The zero-order chi connectivity index (χ0) is 37.7. The third-order valence-corrected chi connectivity index (χ3v) is 11.3. The van der Waals surface area contributed by atoms with E-state index in [1.54, 1.807) is 49.3 Å². The average molecular weight is 715 g/mol. The highest BCUT2D eigenvalue weighted by atomic mass is 16.5. The summed E-state index contributed by atoms with van der Waals surface area (Å²) in [4.78, 5) is 37.0. The number of rotatable bonds is 12. The molecular formula is C41H54N4O7. The summed E-state index contributed by atoms with van der Waals surface area (Å²) in [5, 5.41) is 11.4. The Hall–Kier alpha value is -4.51.